The van der Waals surface area contributed by atoms with Crippen molar-refractivity contribution in [2.45, 2.75) is 75.0 Å². The molecular weight excluding hydrogens is 344 g/mol. The Bertz CT molecular complexity index is 678. The topological polar surface area (TPSA) is 47.1 Å². The SMILES string of the molecule is CN1CCCCC1CCSc1nnc(-c2ccco2)n1C1CCCCC1. The third-order valence-corrected chi connectivity index (χ3v) is 6.93. The molecule has 0 N–H and O–H groups in total. The molecule has 1 aliphatic carbocycles. The molecule has 0 spiro atoms. The van der Waals surface area contributed by atoms with Crippen LogP contribution in [-0.2, 0) is 0 Å². The van der Waals surface area contributed by atoms with Crippen LogP contribution in [0.2, 0.25) is 0 Å². The van der Waals surface area contributed by atoms with Gasteiger partial charge in [0, 0.05) is 17.8 Å². The minimum atomic E-state index is 0.513. The maximum absolute atomic E-state index is 5.64. The number of likely N-dealkylation sites (tertiary alicyclic amines) is 1. The van der Waals surface area contributed by atoms with Gasteiger partial charge in [-0.05, 0) is 57.8 Å². The fraction of sp³-hybridized carbons (Fsp3) is 0.700. The van der Waals surface area contributed by atoms with Crippen LogP contribution in [0.15, 0.2) is 28.0 Å². The molecule has 2 aliphatic rings. The molecule has 26 heavy (non-hydrogen) atoms. The van der Waals surface area contributed by atoms with Gasteiger partial charge >= 0.3 is 0 Å². The molecule has 1 saturated carbocycles. The highest BCUT2D eigenvalue weighted by molar-refractivity contribution is 7.99. The summed E-state index contributed by atoms with van der Waals surface area (Å²) in [5.41, 5.74) is 0. The van der Waals surface area contributed by atoms with Crippen molar-refractivity contribution >= 4 is 11.8 Å². The van der Waals surface area contributed by atoms with Crippen LogP contribution in [0, 0.1) is 0 Å². The average molecular weight is 375 g/mol. The summed E-state index contributed by atoms with van der Waals surface area (Å²) in [5.74, 6) is 2.85. The van der Waals surface area contributed by atoms with Crippen LogP contribution in [0.3, 0.4) is 0 Å². The van der Waals surface area contributed by atoms with E-state index in [0.717, 1.165) is 28.5 Å². The molecule has 2 aromatic rings. The Morgan fingerprint density at radius 2 is 1.96 bits per heavy atom. The lowest BCUT2D eigenvalue weighted by Crippen LogP contribution is -2.36. The Labute approximate surface area is 160 Å². The smallest absolute Gasteiger partial charge is 0.200 e. The van der Waals surface area contributed by atoms with Crippen LogP contribution >= 0.6 is 11.8 Å². The van der Waals surface area contributed by atoms with Crippen LogP contribution in [0.1, 0.15) is 63.8 Å². The van der Waals surface area contributed by atoms with E-state index in [4.69, 9.17) is 4.42 Å². The molecular formula is C20H30N4OS. The van der Waals surface area contributed by atoms with E-state index in [-0.39, 0.29) is 0 Å². The van der Waals surface area contributed by atoms with Crippen LogP contribution in [0.4, 0.5) is 0 Å². The third-order valence-electron chi connectivity index (χ3n) is 5.95. The molecule has 1 atom stereocenters. The maximum Gasteiger partial charge on any atom is 0.200 e. The Hall–Kier alpha value is -1.27. The Morgan fingerprint density at radius 1 is 1.12 bits per heavy atom. The summed E-state index contributed by atoms with van der Waals surface area (Å²) >= 11 is 1.88. The van der Waals surface area contributed by atoms with Gasteiger partial charge in [-0.25, -0.2) is 0 Å². The molecule has 1 unspecified atom stereocenters. The van der Waals surface area contributed by atoms with Gasteiger partial charge in [0.25, 0.3) is 0 Å². The minimum Gasteiger partial charge on any atom is -0.461 e. The summed E-state index contributed by atoms with van der Waals surface area (Å²) in [6, 6.07) is 5.17. The van der Waals surface area contributed by atoms with Gasteiger partial charge in [0.1, 0.15) is 0 Å². The van der Waals surface area contributed by atoms with Gasteiger partial charge in [-0.3, -0.25) is 4.57 Å². The van der Waals surface area contributed by atoms with E-state index in [0.29, 0.717) is 6.04 Å². The predicted molar refractivity (Wildman–Crippen MR) is 105 cm³/mol. The van der Waals surface area contributed by atoms with Crippen molar-refractivity contribution in [1.82, 2.24) is 19.7 Å². The van der Waals surface area contributed by atoms with Gasteiger partial charge in [-0.15, -0.1) is 10.2 Å². The van der Waals surface area contributed by atoms with E-state index in [2.05, 4.69) is 26.7 Å². The number of hydrogen-bond acceptors (Lipinski definition) is 5. The number of aromatic nitrogens is 3. The first-order valence-corrected chi connectivity index (χ1v) is 11.1. The van der Waals surface area contributed by atoms with Crippen molar-refractivity contribution in [2.24, 2.45) is 0 Å². The zero-order valence-corrected chi connectivity index (χ0v) is 16.6. The fourth-order valence-electron chi connectivity index (χ4n) is 4.41. The molecule has 142 valence electrons. The van der Waals surface area contributed by atoms with Crippen LogP contribution in [0.5, 0.6) is 0 Å². The number of rotatable bonds is 6. The van der Waals surface area contributed by atoms with Crippen molar-refractivity contribution in [3.8, 4) is 11.6 Å². The van der Waals surface area contributed by atoms with Crippen molar-refractivity contribution in [2.75, 3.05) is 19.3 Å². The lowest BCUT2D eigenvalue weighted by atomic mass is 9.95. The molecule has 4 rings (SSSR count). The van der Waals surface area contributed by atoms with Gasteiger partial charge in [0.2, 0.25) is 5.82 Å². The summed E-state index contributed by atoms with van der Waals surface area (Å²) in [7, 11) is 2.27. The minimum absolute atomic E-state index is 0.513. The van der Waals surface area contributed by atoms with Crippen molar-refractivity contribution in [3.63, 3.8) is 0 Å². The van der Waals surface area contributed by atoms with Gasteiger partial charge in [0.05, 0.1) is 6.26 Å². The molecule has 5 nitrogen and oxygen atoms in total. The second-order valence-corrected chi connectivity index (χ2v) is 8.77. The van der Waals surface area contributed by atoms with E-state index in [1.54, 1.807) is 6.26 Å². The summed E-state index contributed by atoms with van der Waals surface area (Å²) in [6.45, 7) is 1.25. The lowest BCUT2D eigenvalue weighted by Gasteiger charge is -2.32. The number of furan rings is 1. The van der Waals surface area contributed by atoms with Gasteiger partial charge in [-0.1, -0.05) is 37.4 Å². The van der Waals surface area contributed by atoms with Gasteiger partial charge in [-0.2, -0.15) is 0 Å². The normalized spacial score (nSPS) is 22.7. The monoisotopic (exact) mass is 374 g/mol. The van der Waals surface area contributed by atoms with Crippen LogP contribution in [0.25, 0.3) is 11.6 Å². The van der Waals surface area contributed by atoms with E-state index in [1.807, 2.05) is 23.9 Å². The zero-order valence-electron chi connectivity index (χ0n) is 15.8. The van der Waals surface area contributed by atoms with Crippen molar-refractivity contribution < 1.29 is 4.42 Å². The summed E-state index contributed by atoms with van der Waals surface area (Å²) in [6.07, 6.45) is 13.4. The number of piperidine rings is 1. The summed E-state index contributed by atoms with van der Waals surface area (Å²) in [5, 5.41) is 10.1. The third kappa shape index (κ3) is 4.01. The molecule has 0 aromatic carbocycles. The highest BCUT2D eigenvalue weighted by Crippen LogP contribution is 2.36. The van der Waals surface area contributed by atoms with Crippen LogP contribution in [-0.4, -0.2) is 45.1 Å². The number of thioether (sulfide) groups is 1. The fourth-order valence-corrected chi connectivity index (χ4v) is 5.46. The van der Waals surface area contributed by atoms with E-state index in [1.165, 1.54) is 64.3 Å². The quantitative estimate of drug-likeness (QED) is 0.665. The number of nitrogens with zero attached hydrogens (tertiary/aromatic N) is 4. The summed E-state index contributed by atoms with van der Waals surface area (Å²) < 4.78 is 8.01. The Morgan fingerprint density at radius 3 is 2.73 bits per heavy atom. The summed E-state index contributed by atoms with van der Waals surface area (Å²) in [4.78, 5) is 2.53. The average Bonchev–Trinajstić information content (AvgIpc) is 3.33. The van der Waals surface area contributed by atoms with Gasteiger partial charge < -0.3 is 9.32 Å². The van der Waals surface area contributed by atoms with E-state index < -0.39 is 0 Å². The molecule has 1 aliphatic heterocycles. The highest BCUT2D eigenvalue weighted by atomic mass is 32.2. The molecule has 3 heterocycles. The first kappa shape index (κ1) is 18.1. The van der Waals surface area contributed by atoms with E-state index in [9.17, 15) is 0 Å². The Kier molecular flexibility index (Phi) is 6.00. The first-order chi connectivity index (χ1) is 12.8. The molecule has 2 fully saturated rings. The molecule has 1 saturated heterocycles. The predicted octanol–water partition coefficient (Wildman–Crippen LogP) is 5.01. The lowest BCUT2D eigenvalue weighted by molar-refractivity contribution is 0.182. The van der Waals surface area contributed by atoms with Crippen LogP contribution < -0.4 is 0 Å². The molecule has 2 aromatic heterocycles. The zero-order chi connectivity index (χ0) is 17.8. The van der Waals surface area contributed by atoms with Gasteiger partial charge in [0.15, 0.2) is 10.9 Å². The molecule has 0 bridgehead atoms. The van der Waals surface area contributed by atoms with E-state index >= 15 is 0 Å². The second kappa shape index (κ2) is 8.61. The first-order valence-electron chi connectivity index (χ1n) is 10.1. The second-order valence-electron chi connectivity index (χ2n) is 7.71. The molecule has 0 radical (unpaired) electrons. The number of hydrogen-bond donors (Lipinski definition) is 0. The highest BCUT2D eigenvalue weighted by Gasteiger charge is 2.25. The van der Waals surface area contributed by atoms with Crippen molar-refractivity contribution in [3.05, 3.63) is 18.4 Å². The molecule has 0 amide bonds. The Balaban J connectivity index is 1.48. The standard InChI is InChI=1S/C20H30N4OS/c1-23-13-6-5-8-16(23)12-15-26-20-22-21-19(18-11-7-14-25-18)24(20)17-9-3-2-4-10-17/h7,11,14,16-17H,2-6,8-10,12-13,15H2,1H3. The molecule has 6 heteroatoms. The maximum atomic E-state index is 5.64. The largest absolute Gasteiger partial charge is 0.461 e. The van der Waals surface area contributed by atoms with Crippen molar-refractivity contribution in [1.29, 1.82) is 0 Å².